The van der Waals surface area contributed by atoms with E-state index < -0.39 is 0 Å². The van der Waals surface area contributed by atoms with Crippen molar-refractivity contribution >= 4 is 0 Å². The van der Waals surface area contributed by atoms with Crippen LogP contribution in [0.15, 0.2) is 24.3 Å². The Kier molecular flexibility index (Phi) is 7.53. The van der Waals surface area contributed by atoms with E-state index in [0.29, 0.717) is 13.2 Å². The maximum absolute atomic E-state index is 5.70. The highest BCUT2D eigenvalue weighted by Crippen LogP contribution is 2.12. The molecule has 1 rings (SSSR count). The van der Waals surface area contributed by atoms with Gasteiger partial charge in [-0.1, -0.05) is 24.6 Å². The first kappa shape index (κ1) is 16.0. The van der Waals surface area contributed by atoms with E-state index in [0.717, 1.165) is 18.8 Å². The molecule has 0 heterocycles. The van der Waals surface area contributed by atoms with Gasteiger partial charge in [0.1, 0.15) is 12.4 Å². The monoisotopic (exact) mass is 266 g/mol. The second-order valence-electron chi connectivity index (χ2n) is 4.95. The van der Waals surface area contributed by atoms with Gasteiger partial charge in [0.25, 0.3) is 0 Å². The molecule has 0 saturated carbocycles. The molecule has 0 aromatic heterocycles. The van der Waals surface area contributed by atoms with Crippen LogP contribution in [0.4, 0.5) is 0 Å². The maximum atomic E-state index is 5.70. The average Bonchev–Trinajstić information content (AvgIpc) is 2.42. The molecule has 2 atom stereocenters. The summed E-state index contributed by atoms with van der Waals surface area (Å²) in [7, 11) is 0. The molecule has 0 aliphatic rings. The van der Waals surface area contributed by atoms with E-state index in [1.165, 1.54) is 5.56 Å². The molecule has 108 valence electrons. The van der Waals surface area contributed by atoms with Crippen molar-refractivity contribution in [2.45, 2.75) is 46.3 Å². The van der Waals surface area contributed by atoms with Gasteiger partial charge in [-0.05, 0) is 39.3 Å². The van der Waals surface area contributed by atoms with Crippen molar-refractivity contribution in [1.29, 1.82) is 0 Å². The molecule has 0 amide bonds. The number of hydrogen-bond acceptors (Lipinski definition) is 3. The minimum absolute atomic E-state index is 0.0639. The molecule has 0 spiro atoms. The van der Waals surface area contributed by atoms with Gasteiger partial charge in [-0.15, -0.1) is 0 Å². The third-order valence-corrected chi connectivity index (χ3v) is 2.73. The van der Waals surface area contributed by atoms with Crippen molar-refractivity contribution < 1.29 is 14.2 Å². The van der Waals surface area contributed by atoms with Crippen molar-refractivity contribution in [2.75, 3.05) is 19.8 Å². The Morgan fingerprint density at radius 3 is 2.21 bits per heavy atom. The van der Waals surface area contributed by atoms with E-state index in [2.05, 4.69) is 13.8 Å². The van der Waals surface area contributed by atoms with Crippen molar-refractivity contribution in [2.24, 2.45) is 0 Å². The van der Waals surface area contributed by atoms with Crippen LogP contribution in [0.25, 0.3) is 0 Å². The minimum atomic E-state index is 0.0639. The summed E-state index contributed by atoms with van der Waals surface area (Å²) in [4.78, 5) is 0. The SMILES string of the molecule is CCCOC(C)COC(C)COc1ccc(C)cc1. The van der Waals surface area contributed by atoms with Crippen LogP contribution in [0.2, 0.25) is 0 Å². The third kappa shape index (κ3) is 7.19. The smallest absolute Gasteiger partial charge is 0.119 e. The highest BCUT2D eigenvalue weighted by molar-refractivity contribution is 5.26. The highest BCUT2D eigenvalue weighted by atomic mass is 16.6. The van der Waals surface area contributed by atoms with Crippen molar-refractivity contribution in [3.05, 3.63) is 29.8 Å². The van der Waals surface area contributed by atoms with Crippen LogP contribution in [-0.2, 0) is 9.47 Å². The summed E-state index contributed by atoms with van der Waals surface area (Å²) in [6, 6.07) is 8.05. The van der Waals surface area contributed by atoms with Crippen molar-refractivity contribution in [3.63, 3.8) is 0 Å². The van der Waals surface area contributed by atoms with Gasteiger partial charge in [0.2, 0.25) is 0 Å². The van der Waals surface area contributed by atoms with Gasteiger partial charge in [-0.3, -0.25) is 0 Å². The predicted molar refractivity (Wildman–Crippen MR) is 77.8 cm³/mol. The zero-order valence-corrected chi connectivity index (χ0v) is 12.5. The van der Waals surface area contributed by atoms with Crippen molar-refractivity contribution in [1.82, 2.24) is 0 Å². The summed E-state index contributed by atoms with van der Waals surface area (Å²) in [6.07, 6.45) is 1.24. The maximum Gasteiger partial charge on any atom is 0.119 e. The standard InChI is InChI=1S/C16H26O3/c1-5-10-17-14(3)11-18-15(4)12-19-16-8-6-13(2)7-9-16/h6-9,14-15H,5,10-12H2,1-4H3. The van der Waals surface area contributed by atoms with E-state index in [9.17, 15) is 0 Å². The zero-order chi connectivity index (χ0) is 14.1. The minimum Gasteiger partial charge on any atom is -0.491 e. The molecule has 1 aromatic carbocycles. The van der Waals surface area contributed by atoms with E-state index in [1.54, 1.807) is 0 Å². The van der Waals surface area contributed by atoms with Crippen LogP contribution in [0.1, 0.15) is 32.8 Å². The fourth-order valence-corrected chi connectivity index (χ4v) is 1.56. The second kappa shape index (κ2) is 8.94. The fourth-order valence-electron chi connectivity index (χ4n) is 1.56. The van der Waals surface area contributed by atoms with E-state index >= 15 is 0 Å². The molecule has 0 radical (unpaired) electrons. The summed E-state index contributed by atoms with van der Waals surface area (Å²) in [5.41, 5.74) is 1.23. The highest BCUT2D eigenvalue weighted by Gasteiger charge is 2.07. The van der Waals surface area contributed by atoms with Crippen LogP contribution in [0.5, 0.6) is 5.75 Å². The molecule has 19 heavy (non-hydrogen) atoms. The van der Waals surface area contributed by atoms with Crippen LogP contribution in [0.3, 0.4) is 0 Å². The molecule has 1 aromatic rings. The first-order valence-electron chi connectivity index (χ1n) is 7.04. The van der Waals surface area contributed by atoms with Gasteiger partial charge in [0.05, 0.1) is 18.8 Å². The van der Waals surface area contributed by atoms with Crippen LogP contribution < -0.4 is 4.74 Å². The van der Waals surface area contributed by atoms with Gasteiger partial charge < -0.3 is 14.2 Å². The lowest BCUT2D eigenvalue weighted by atomic mass is 10.2. The summed E-state index contributed by atoms with van der Waals surface area (Å²) < 4.78 is 16.9. The molecule has 0 bridgehead atoms. The Balaban J connectivity index is 2.17. The topological polar surface area (TPSA) is 27.7 Å². The quantitative estimate of drug-likeness (QED) is 0.683. The van der Waals surface area contributed by atoms with Crippen LogP contribution in [-0.4, -0.2) is 32.0 Å². The lowest BCUT2D eigenvalue weighted by Gasteiger charge is -2.18. The number of benzene rings is 1. The molecule has 2 unspecified atom stereocenters. The van der Waals surface area contributed by atoms with E-state index in [4.69, 9.17) is 14.2 Å². The fraction of sp³-hybridized carbons (Fsp3) is 0.625. The van der Waals surface area contributed by atoms with Gasteiger partial charge in [0.15, 0.2) is 0 Å². The predicted octanol–water partition coefficient (Wildman–Crippen LogP) is 3.59. The molecule has 0 fully saturated rings. The zero-order valence-electron chi connectivity index (χ0n) is 12.5. The molecule has 0 saturated heterocycles. The van der Waals surface area contributed by atoms with Crippen LogP contribution in [0, 0.1) is 6.92 Å². The Morgan fingerprint density at radius 1 is 0.947 bits per heavy atom. The van der Waals surface area contributed by atoms with Crippen molar-refractivity contribution in [3.8, 4) is 5.75 Å². The number of aryl methyl sites for hydroxylation is 1. The molecule has 3 heteroatoms. The lowest BCUT2D eigenvalue weighted by molar-refractivity contribution is -0.0422. The molecule has 3 nitrogen and oxygen atoms in total. The normalized spacial score (nSPS) is 14.1. The molecule has 0 N–H and O–H groups in total. The Hall–Kier alpha value is -1.06. The van der Waals surface area contributed by atoms with E-state index in [-0.39, 0.29) is 12.2 Å². The largest absolute Gasteiger partial charge is 0.491 e. The molecular weight excluding hydrogens is 240 g/mol. The first-order chi connectivity index (χ1) is 9.11. The van der Waals surface area contributed by atoms with Gasteiger partial charge in [0, 0.05) is 6.61 Å². The third-order valence-electron chi connectivity index (χ3n) is 2.73. The second-order valence-corrected chi connectivity index (χ2v) is 4.95. The van der Waals surface area contributed by atoms with E-state index in [1.807, 2.05) is 38.1 Å². The Bertz CT molecular complexity index is 334. The van der Waals surface area contributed by atoms with Crippen LogP contribution >= 0.6 is 0 Å². The van der Waals surface area contributed by atoms with Gasteiger partial charge in [-0.2, -0.15) is 0 Å². The van der Waals surface area contributed by atoms with Gasteiger partial charge >= 0.3 is 0 Å². The Labute approximate surface area is 116 Å². The number of rotatable bonds is 9. The molecular formula is C16H26O3. The first-order valence-corrected chi connectivity index (χ1v) is 7.04. The molecule has 0 aliphatic heterocycles. The Morgan fingerprint density at radius 2 is 1.58 bits per heavy atom. The summed E-state index contributed by atoms with van der Waals surface area (Å²) in [6.45, 7) is 10.2. The summed E-state index contributed by atoms with van der Waals surface area (Å²) in [5, 5.41) is 0. The average molecular weight is 266 g/mol. The molecule has 0 aliphatic carbocycles. The number of hydrogen-bond donors (Lipinski definition) is 0. The lowest BCUT2D eigenvalue weighted by Crippen LogP contribution is -2.24. The summed E-state index contributed by atoms with van der Waals surface area (Å²) >= 11 is 0. The summed E-state index contributed by atoms with van der Waals surface area (Å²) in [5.74, 6) is 0.885. The number of ether oxygens (including phenoxy) is 3. The van der Waals surface area contributed by atoms with Gasteiger partial charge in [-0.25, -0.2) is 0 Å².